The summed E-state index contributed by atoms with van der Waals surface area (Å²) in [5, 5.41) is 11.5. The van der Waals surface area contributed by atoms with Gasteiger partial charge in [0.05, 0.1) is 34.9 Å². The molecule has 204 valence electrons. The molecule has 4 aromatic carbocycles. The number of fused-ring (bicyclic) bond motifs is 3. The lowest BCUT2D eigenvalue weighted by Crippen LogP contribution is -2.01. The molecule has 43 heavy (non-hydrogen) atoms. The molecule has 3 heterocycles. The van der Waals surface area contributed by atoms with Crippen LogP contribution in [0.2, 0.25) is 0 Å². The van der Waals surface area contributed by atoms with Crippen LogP contribution in [0, 0.1) is 31.8 Å². The highest BCUT2D eigenvalue weighted by atomic mass is 16.5. The summed E-state index contributed by atoms with van der Waals surface area (Å²) in [5.74, 6) is 2.64. The molecule has 0 N–H and O–H groups in total. The van der Waals surface area contributed by atoms with E-state index >= 15 is 0 Å². The Bertz CT molecular complexity index is 2240. The minimum atomic E-state index is 0.455. The van der Waals surface area contributed by atoms with Crippen molar-refractivity contribution in [2.24, 2.45) is 0 Å². The van der Waals surface area contributed by atoms with Gasteiger partial charge in [0.15, 0.2) is 5.69 Å². The predicted octanol–water partition coefficient (Wildman–Crippen LogP) is 8.86. The van der Waals surface area contributed by atoms with E-state index in [9.17, 15) is 5.26 Å². The second kappa shape index (κ2) is 10.3. The molecule has 0 fully saturated rings. The minimum Gasteiger partial charge on any atom is -0.459 e. The second-order valence-electron chi connectivity index (χ2n) is 10.3. The highest BCUT2D eigenvalue weighted by Crippen LogP contribution is 2.37. The lowest BCUT2D eigenvalue weighted by Gasteiger charge is -2.15. The Kier molecular flexibility index (Phi) is 6.19. The van der Waals surface area contributed by atoms with Crippen LogP contribution in [0.3, 0.4) is 0 Å². The predicted molar refractivity (Wildman–Crippen MR) is 168 cm³/mol. The average Bonchev–Trinajstić information content (AvgIpc) is 3.63. The number of para-hydroxylation sites is 1. The van der Waals surface area contributed by atoms with E-state index in [4.69, 9.17) is 11.3 Å². The minimum absolute atomic E-state index is 0.455. The number of ether oxygens (including phenoxy) is 1. The van der Waals surface area contributed by atoms with Crippen LogP contribution in [0.25, 0.3) is 49.5 Å². The molecule has 0 unspecified atom stereocenters. The molecule has 0 saturated carbocycles. The van der Waals surface area contributed by atoms with Crippen LogP contribution in [0.1, 0.15) is 16.7 Å². The van der Waals surface area contributed by atoms with Crippen molar-refractivity contribution in [1.29, 1.82) is 5.26 Å². The number of pyridine rings is 1. The van der Waals surface area contributed by atoms with Gasteiger partial charge in [-0.05, 0) is 85.6 Å². The smallest absolute Gasteiger partial charge is 0.191 e. The summed E-state index contributed by atoms with van der Waals surface area (Å²) in [7, 11) is 0. The van der Waals surface area contributed by atoms with Gasteiger partial charge in [-0.2, -0.15) is 5.26 Å². The van der Waals surface area contributed by atoms with Crippen molar-refractivity contribution >= 4 is 27.5 Å². The fraction of sp³-hybridized carbons (Fsp3) is 0.0556. The SMILES string of the molecule is [C-]#[N+]c1cc(Oc2ccc3c4cc(C#N)ccc4n(-c4ccccn4)c3c2)cc(-c2nccn2-c2c(C)cccc2C)c1. The molecule has 0 atom stereocenters. The van der Waals surface area contributed by atoms with Crippen molar-refractivity contribution in [2.75, 3.05) is 0 Å². The molecular formula is C36H24N6O. The molecule has 0 spiro atoms. The van der Waals surface area contributed by atoms with Crippen LogP contribution in [0.5, 0.6) is 11.5 Å². The Balaban J connectivity index is 1.35. The maximum Gasteiger partial charge on any atom is 0.191 e. The first-order valence-corrected chi connectivity index (χ1v) is 13.7. The summed E-state index contributed by atoms with van der Waals surface area (Å²) in [4.78, 5) is 13.0. The van der Waals surface area contributed by atoms with Gasteiger partial charge in [0.25, 0.3) is 0 Å². The van der Waals surface area contributed by atoms with E-state index in [0.29, 0.717) is 22.7 Å². The van der Waals surface area contributed by atoms with Crippen molar-refractivity contribution in [1.82, 2.24) is 19.1 Å². The number of rotatable bonds is 5. The van der Waals surface area contributed by atoms with Crippen molar-refractivity contribution in [2.45, 2.75) is 13.8 Å². The molecule has 0 amide bonds. The molecule has 7 rings (SSSR count). The Morgan fingerprint density at radius 3 is 2.42 bits per heavy atom. The number of benzene rings is 4. The first-order chi connectivity index (χ1) is 21.0. The van der Waals surface area contributed by atoms with E-state index in [-0.39, 0.29) is 0 Å². The topological polar surface area (TPSA) is 73.0 Å². The summed E-state index contributed by atoms with van der Waals surface area (Å²) in [6, 6.07) is 31.3. The average molecular weight is 557 g/mol. The van der Waals surface area contributed by atoms with Crippen LogP contribution < -0.4 is 4.74 Å². The number of aromatic nitrogens is 4. The molecule has 7 nitrogen and oxygen atoms in total. The summed E-state index contributed by atoms with van der Waals surface area (Å²) >= 11 is 0. The molecular weight excluding hydrogens is 532 g/mol. The standard InChI is InChI=1S/C36H24N6O/c1-23-7-6-8-24(2)35(23)41-16-15-40-36(41)26-18-27(38-3)20-29(19-26)43-28-11-12-30-31-17-25(22-37)10-13-32(31)42(33(30)21-28)34-9-4-5-14-39-34/h4-21H,1-2H3. The van der Waals surface area contributed by atoms with Crippen molar-refractivity contribution in [3.05, 3.63) is 138 Å². The summed E-state index contributed by atoms with van der Waals surface area (Å²) in [5.41, 5.74) is 7.01. The monoisotopic (exact) mass is 556 g/mol. The zero-order valence-corrected chi connectivity index (χ0v) is 23.5. The maximum atomic E-state index is 9.53. The van der Waals surface area contributed by atoms with Gasteiger partial charge in [-0.3, -0.25) is 9.13 Å². The fourth-order valence-corrected chi connectivity index (χ4v) is 5.72. The molecule has 7 aromatic rings. The van der Waals surface area contributed by atoms with E-state index in [2.05, 4.69) is 56.0 Å². The largest absolute Gasteiger partial charge is 0.459 e. The summed E-state index contributed by atoms with van der Waals surface area (Å²) < 4.78 is 10.6. The number of imidazole rings is 1. The van der Waals surface area contributed by atoms with Crippen LogP contribution in [0.4, 0.5) is 5.69 Å². The third kappa shape index (κ3) is 4.46. The number of aryl methyl sites for hydroxylation is 2. The van der Waals surface area contributed by atoms with Crippen LogP contribution in [-0.4, -0.2) is 19.1 Å². The normalized spacial score (nSPS) is 11.0. The number of hydrogen-bond acceptors (Lipinski definition) is 4. The van der Waals surface area contributed by atoms with Crippen molar-refractivity contribution in [3.8, 4) is 40.5 Å². The number of hydrogen-bond donors (Lipinski definition) is 0. The van der Waals surface area contributed by atoms with Gasteiger partial charge < -0.3 is 4.74 Å². The van der Waals surface area contributed by atoms with Gasteiger partial charge in [0.1, 0.15) is 23.1 Å². The van der Waals surface area contributed by atoms with Crippen LogP contribution >= 0.6 is 0 Å². The summed E-state index contributed by atoms with van der Waals surface area (Å²) in [6.07, 6.45) is 5.48. The van der Waals surface area contributed by atoms with Gasteiger partial charge in [-0.25, -0.2) is 14.8 Å². The summed E-state index contributed by atoms with van der Waals surface area (Å²) in [6.45, 7) is 11.9. The van der Waals surface area contributed by atoms with E-state index in [1.54, 1.807) is 18.5 Å². The van der Waals surface area contributed by atoms with Crippen LogP contribution in [-0.2, 0) is 0 Å². The quantitative estimate of drug-likeness (QED) is 0.199. The molecule has 0 radical (unpaired) electrons. The first kappa shape index (κ1) is 25.8. The molecule has 0 aliphatic heterocycles. The van der Waals surface area contributed by atoms with Gasteiger partial charge in [0, 0.05) is 41.0 Å². The third-order valence-electron chi connectivity index (χ3n) is 7.58. The molecule has 0 aliphatic carbocycles. The molecule has 3 aromatic heterocycles. The van der Waals surface area contributed by atoms with Crippen molar-refractivity contribution < 1.29 is 4.74 Å². The van der Waals surface area contributed by atoms with Gasteiger partial charge >= 0.3 is 0 Å². The number of nitriles is 1. The lowest BCUT2D eigenvalue weighted by atomic mass is 10.1. The molecule has 0 saturated heterocycles. The Morgan fingerprint density at radius 1 is 0.791 bits per heavy atom. The molecule has 7 heteroatoms. The van der Waals surface area contributed by atoms with Gasteiger partial charge in [-0.15, -0.1) is 0 Å². The number of nitrogens with zero attached hydrogens (tertiary/aromatic N) is 6. The maximum absolute atomic E-state index is 9.53. The van der Waals surface area contributed by atoms with E-state index < -0.39 is 0 Å². The molecule has 0 bridgehead atoms. The van der Waals surface area contributed by atoms with Gasteiger partial charge in [-0.1, -0.05) is 24.3 Å². The Morgan fingerprint density at radius 2 is 1.65 bits per heavy atom. The second-order valence-corrected chi connectivity index (χ2v) is 10.3. The zero-order valence-electron chi connectivity index (χ0n) is 23.5. The highest BCUT2D eigenvalue weighted by molar-refractivity contribution is 6.09. The van der Waals surface area contributed by atoms with Crippen LogP contribution in [0.15, 0.2) is 110 Å². The van der Waals surface area contributed by atoms with Crippen molar-refractivity contribution in [3.63, 3.8) is 0 Å². The van der Waals surface area contributed by atoms with E-state index in [0.717, 1.165) is 55.8 Å². The first-order valence-electron chi connectivity index (χ1n) is 13.7. The van der Waals surface area contributed by atoms with E-state index in [1.807, 2.05) is 79.0 Å². The van der Waals surface area contributed by atoms with Gasteiger partial charge in [0.2, 0.25) is 0 Å². The molecule has 0 aliphatic rings. The van der Waals surface area contributed by atoms with E-state index in [1.165, 1.54) is 0 Å². The lowest BCUT2D eigenvalue weighted by molar-refractivity contribution is 0.484. The highest BCUT2D eigenvalue weighted by Gasteiger charge is 2.17. The Hall–Kier alpha value is -6.18. The zero-order chi connectivity index (χ0) is 29.5. The third-order valence-corrected chi connectivity index (χ3v) is 7.58. The Labute approximate surface area is 248 Å². The fourth-order valence-electron chi connectivity index (χ4n) is 5.72.